The van der Waals surface area contributed by atoms with E-state index in [0.717, 1.165) is 57.7 Å². The molecule has 1 saturated heterocycles. The van der Waals surface area contributed by atoms with Crippen LogP contribution in [-0.4, -0.2) is 47.3 Å². The average Bonchev–Trinajstić information content (AvgIpc) is 3.37. The third kappa shape index (κ3) is 6.01. The van der Waals surface area contributed by atoms with Crippen LogP contribution in [0.5, 0.6) is 5.75 Å². The second-order valence-corrected chi connectivity index (χ2v) is 11.5. The van der Waals surface area contributed by atoms with Crippen LogP contribution >= 0.6 is 11.9 Å². The summed E-state index contributed by atoms with van der Waals surface area (Å²) in [6.45, 7) is 2.28. The molecule has 1 aliphatic heterocycles. The summed E-state index contributed by atoms with van der Waals surface area (Å²) in [7, 11) is 4.16. The summed E-state index contributed by atoms with van der Waals surface area (Å²) in [4.78, 5) is 8.14. The summed E-state index contributed by atoms with van der Waals surface area (Å²) in [6, 6.07) is 31.6. The first-order valence-electron chi connectivity index (χ1n) is 13.9. The van der Waals surface area contributed by atoms with Crippen molar-refractivity contribution in [2.75, 3.05) is 27.3 Å². The minimum atomic E-state index is 0.0741. The molecule has 6 rings (SSSR count). The molecule has 1 aliphatic rings. The number of benzene rings is 3. The van der Waals surface area contributed by atoms with Crippen LogP contribution in [-0.2, 0) is 11.3 Å². The number of hydrogen-bond acceptors (Lipinski definition) is 6. The molecule has 0 aliphatic carbocycles. The van der Waals surface area contributed by atoms with Crippen LogP contribution in [0, 0.1) is 11.3 Å². The van der Waals surface area contributed by atoms with Crippen molar-refractivity contribution in [1.29, 1.82) is 5.26 Å². The molecule has 0 N–H and O–H groups in total. The maximum absolute atomic E-state index is 9.99. The van der Waals surface area contributed by atoms with Gasteiger partial charge in [-0.15, -0.1) is 0 Å². The Bertz CT molecular complexity index is 1680. The van der Waals surface area contributed by atoms with Crippen molar-refractivity contribution in [2.24, 2.45) is 0 Å². The van der Waals surface area contributed by atoms with Crippen LogP contribution < -0.4 is 4.74 Å². The summed E-state index contributed by atoms with van der Waals surface area (Å²) in [5.41, 5.74) is 6.87. The third-order valence-electron chi connectivity index (χ3n) is 7.22. The smallest absolute Gasteiger partial charge is 0.151 e. The van der Waals surface area contributed by atoms with Gasteiger partial charge in [0.15, 0.2) is 5.65 Å². The van der Waals surface area contributed by atoms with Gasteiger partial charge in [-0.2, -0.15) is 5.26 Å². The van der Waals surface area contributed by atoms with Crippen LogP contribution in [0.3, 0.4) is 0 Å². The van der Waals surface area contributed by atoms with Crippen LogP contribution in [0.1, 0.15) is 24.0 Å². The van der Waals surface area contributed by atoms with Crippen LogP contribution in [0.25, 0.3) is 33.4 Å². The first-order valence-corrected chi connectivity index (χ1v) is 14.6. The Labute approximate surface area is 245 Å². The number of ether oxygens (including phenoxy) is 2. The minimum Gasteiger partial charge on any atom is -0.489 e. The highest BCUT2D eigenvalue weighted by molar-refractivity contribution is 7.98. The molecular formula is C34H32N4O2S. The summed E-state index contributed by atoms with van der Waals surface area (Å²) < 4.78 is 13.9. The predicted octanol–water partition coefficient (Wildman–Crippen LogP) is 7.42. The molecule has 3 heterocycles. The van der Waals surface area contributed by atoms with E-state index >= 15 is 0 Å². The molecule has 2 aromatic heterocycles. The van der Waals surface area contributed by atoms with Gasteiger partial charge in [0, 0.05) is 35.9 Å². The number of fused-ring (bicyclic) bond motifs is 1. The fourth-order valence-electron chi connectivity index (χ4n) is 5.21. The van der Waals surface area contributed by atoms with Crippen molar-refractivity contribution in [2.45, 2.75) is 30.4 Å². The molecule has 5 aromatic rings. The monoisotopic (exact) mass is 560 g/mol. The summed E-state index contributed by atoms with van der Waals surface area (Å²) >= 11 is 1.66. The number of nitriles is 1. The Morgan fingerprint density at radius 1 is 0.976 bits per heavy atom. The van der Waals surface area contributed by atoms with E-state index in [9.17, 15) is 5.26 Å². The summed E-state index contributed by atoms with van der Waals surface area (Å²) in [5.74, 6) is 0.629. The van der Waals surface area contributed by atoms with Gasteiger partial charge in [-0.1, -0.05) is 48.5 Å². The zero-order chi connectivity index (χ0) is 28.2. The van der Waals surface area contributed by atoms with Crippen molar-refractivity contribution < 1.29 is 9.47 Å². The molecule has 0 atom stereocenters. The van der Waals surface area contributed by atoms with Gasteiger partial charge in [-0.05, 0) is 84.7 Å². The second-order valence-electron chi connectivity index (χ2n) is 10.5. The number of hydrogen-bond donors (Lipinski definition) is 0. The van der Waals surface area contributed by atoms with Crippen LogP contribution in [0.2, 0.25) is 0 Å². The van der Waals surface area contributed by atoms with E-state index in [4.69, 9.17) is 14.5 Å². The Balaban J connectivity index is 1.43. The van der Waals surface area contributed by atoms with E-state index < -0.39 is 0 Å². The molecule has 0 amide bonds. The highest BCUT2D eigenvalue weighted by Gasteiger charge is 2.20. The zero-order valence-electron chi connectivity index (χ0n) is 23.3. The summed E-state index contributed by atoms with van der Waals surface area (Å²) in [5, 5.41) is 11.0. The van der Waals surface area contributed by atoms with E-state index in [1.165, 1.54) is 5.56 Å². The Kier molecular flexibility index (Phi) is 8.06. The topological polar surface area (TPSA) is 63.3 Å². The lowest BCUT2D eigenvalue weighted by Gasteiger charge is -2.23. The maximum atomic E-state index is 9.99. The molecule has 41 heavy (non-hydrogen) atoms. The number of aromatic nitrogens is 2. The average molecular weight is 561 g/mol. The van der Waals surface area contributed by atoms with Crippen molar-refractivity contribution >= 4 is 23.0 Å². The first kappa shape index (κ1) is 27.1. The Morgan fingerprint density at radius 2 is 1.73 bits per heavy atom. The van der Waals surface area contributed by atoms with Gasteiger partial charge in [0.1, 0.15) is 17.9 Å². The minimum absolute atomic E-state index is 0.0741. The van der Waals surface area contributed by atoms with Crippen LogP contribution in [0.4, 0.5) is 0 Å². The quantitative estimate of drug-likeness (QED) is 0.197. The molecule has 1 fully saturated rings. The highest BCUT2D eigenvalue weighted by atomic mass is 32.2. The lowest BCUT2D eigenvalue weighted by atomic mass is 10.0. The maximum Gasteiger partial charge on any atom is 0.151 e. The van der Waals surface area contributed by atoms with Gasteiger partial charge in [0.2, 0.25) is 0 Å². The molecule has 0 saturated carbocycles. The molecule has 206 valence electrons. The zero-order valence-corrected chi connectivity index (χ0v) is 24.1. The fraction of sp³-hybridized carbons (Fsp3) is 0.235. The largest absolute Gasteiger partial charge is 0.489 e. The lowest BCUT2D eigenvalue weighted by Crippen LogP contribution is -2.26. The van der Waals surface area contributed by atoms with Gasteiger partial charge in [0.05, 0.1) is 24.5 Å². The van der Waals surface area contributed by atoms with E-state index in [0.29, 0.717) is 24.5 Å². The van der Waals surface area contributed by atoms with E-state index in [-0.39, 0.29) is 6.10 Å². The molecule has 3 aromatic carbocycles. The van der Waals surface area contributed by atoms with Gasteiger partial charge in [-0.3, -0.25) is 3.97 Å². The molecule has 0 spiro atoms. The predicted molar refractivity (Wildman–Crippen MR) is 165 cm³/mol. The molecule has 0 bridgehead atoms. The van der Waals surface area contributed by atoms with Crippen molar-refractivity contribution in [1.82, 2.24) is 13.9 Å². The molecular weight excluding hydrogens is 528 g/mol. The van der Waals surface area contributed by atoms with Crippen molar-refractivity contribution in [3.05, 3.63) is 102 Å². The Hall–Kier alpha value is -4.09. The first-order chi connectivity index (χ1) is 20.1. The number of pyridine rings is 1. The third-order valence-corrected chi connectivity index (χ3v) is 8.26. The normalized spacial score (nSPS) is 13.9. The van der Waals surface area contributed by atoms with E-state index in [1.807, 2.05) is 36.5 Å². The van der Waals surface area contributed by atoms with Gasteiger partial charge >= 0.3 is 0 Å². The number of nitrogens with zero attached hydrogens (tertiary/aromatic N) is 4. The van der Waals surface area contributed by atoms with E-state index in [1.54, 1.807) is 11.9 Å². The van der Waals surface area contributed by atoms with Gasteiger partial charge in [-0.25, -0.2) is 4.98 Å². The summed E-state index contributed by atoms with van der Waals surface area (Å²) in [6.07, 6.45) is 3.60. The molecule has 0 unspecified atom stereocenters. The molecule has 6 nitrogen and oxygen atoms in total. The van der Waals surface area contributed by atoms with Crippen molar-refractivity contribution in [3.63, 3.8) is 0 Å². The van der Waals surface area contributed by atoms with Gasteiger partial charge in [0.25, 0.3) is 0 Å². The van der Waals surface area contributed by atoms with Gasteiger partial charge < -0.3 is 14.4 Å². The Morgan fingerprint density at radius 3 is 2.46 bits per heavy atom. The van der Waals surface area contributed by atoms with Crippen molar-refractivity contribution in [3.8, 4) is 34.2 Å². The SMILES string of the molecule is CN(C)Cc1ccc(-c2cc3c(-c4ccc(OC5CCOCC5)c(C#N)c4)ccnc3n2Sc2ccccc2)cc1. The number of rotatable bonds is 8. The molecule has 0 radical (unpaired) electrons. The standard InChI is InChI=1S/C34H32N4O2S/c1-37(2)23-24-8-10-25(11-9-24)32-21-31-30(14-17-36-34(31)38(32)41-29-6-4-3-5-7-29)26-12-13-33(27(20-26)22-35)40-28-15-18-39-19-16-28/h3-14,17,20-21,28H,15-16,18-19,23H2,1-2H3. The second kappa shape index (κ2) is 12.2. The fourth-order valence-corrected chi connectivity index (χ4v) is 6.19. The highest BCUT2D eigenvalue weighted by Crippen LogP contribution is 2.39. The van der Waals surface area contributed by atoms with E-state index in [2.05, 4.69) is 83.6 Å². The lowest BCUT2D eigenvalue weighted by molar-refractivity contribution is 0.0254. The molecule has 7 heteroatoms. The van der Waals surface area contributed by atoms with Crippen LogP contribution in [0.15, 0.2) is 96.0 Å².